The number of aliphatic hydroxyl groups is 6. The van der Waals surface area contributed by atoms with Gasteiger partial charge in [-0.2, -0.15) is 0 Å². The maximum absolute atomic E-state index is 11.1. The number of aliphatic hydroxyl groups excluding tert-OH is 6. The van der Waals surface area contributed by atoms with Gasteiger partial charge in [0.25, 0.3) is 17.7 Å². The quantitative estimate of drug-likeness (QED) is 0.0629. The number of carbonyl (C=O) groups excluding carboxylic acids is 6. The van der Waals surface area contributed by atoms with Crippen molar-refractivity contribution in [2.75, 3.05) is 60.6 Å². The van der Waals surface area contributed by atoms with Crippen LogP contribution in [-0.4, -0.2) is 141 Å². The van der Waals surface area contributed by atoms with E-state index in [1.54, 1.807) is 0 Å². The maximum Gasteiger partial charge on any atom is 0.294 e. The SMILES string of the molecule is CC(O)=CC(=O)C(=O)N(C)CCO.CC(O)=CC(=O)C(=O)N(C)CCO.CC(O)=CC(=O)C(=O)N(C)CCO.[Fe]. The second-order valence-corrected chi connectivity index (χ2v) is 7.80. The fraction of sp³-hybridized carbons (Fsp3) is 0.500. The van der Waals surface area contributed by atoms with Crippen molar-refractivity contribution in [3.05, 3.63) is 35.5 Å². The number of hydrogen-bond acceptors (Lipinski definition) is 12. The number of hydrogen-bond donors (Lipinski definition) is 6. The summed E-state index contributed by atoms with van der Waals surface area (Å²) < 4.78 is 0. The van der Waals surface area contributed by atoms with Crippen LogP contribution >= 0.6 is 0 Å². The minimum Gasteiger partial charge on any atom is -0.512 e. The number of carbonyl (C=O) groups is 6. The van der Waals surface area contributed by atoms with Crippen LogP contribution in [0.15, 0.2) is 35.5 Å². The van der Waals surface area contributed by atoms with E-state index >= 15 is 0 Å². The molecule has 0 saturated heterocycles. The molecule has 0 heterocycles. The largest absolute Gasteiger partial charge is 0.512 e. The molecule has 0 rings (SSSR count). The van der Waals surface area contributed by atoms with E-state index in [-0.39, 0.29) is 73.8 Å². The van der Waals surface area contributed by atoms with Crippen LogP contribution in [0.4, 0.5) is 0 Å². The molecule has 0 fully saturated rings. The average molecular weight is 617 g/mol. The predicted molar refractivity (Wildman–Crippen MR) is 138 cm³/mol. The summed E-state index contributed by atoms with van der Waals surface area (Å²) in [6.07, 6.45) is 2.53. The van der Waals surface area contributed by atoms with Crippen molar-refractivity contribution >= 4 is 35.1 Å². The van der Waals surface area contributed by atoms with Crippen molar-refractivity contribution in [3.63, 3.8) is 0 Å². The Morgan fingerprint density at radius 3 is 0.800 bits per heavy atom. The van der Waals surface area contributed by atoms with E-state index in [0.717, 1.165) is 32.9 Å². The summed E-state index contributed by atoms with van der Waals surface area (Å²) in [5.41, 5.74) is 0. The summed E-state index contributed by atoms with van der Waals surface area (Å²) in [5, 5.41) is 51.5. The molecule has 16 heteroatoms. The second kappa shape index (κ2) is 24.5. The average Bonchev–Trinajstić information content (AvgIpc) is 2.82. The zero-order valence-corrected chi connectivity index (χ0v) is 24.4. The molecule has 0 aliphatic heterocycles. The Labute approximate surface area is 243 Å². The molecule has 0 aromatic heterocycles. The number of allylic oxidation sites excluding steroid dienone is 3. The molecule has 0 radical (unpaired) electrons. The van der Waals surface area contributed by atoms with Gasteiger partial charge in [0.15, 0.2) is 0 Å². The summed E-state index contributed by atoms with van der Waals surface area (Å²) in [6, 6.07) is 0. The number of ketones is 3. The van der Waals surface area contributed by atoms with Crippen molar-refractivity contribution in [2.45, 2.75) is 20.8 Å². The Balaban J connectivity index is -0.000000240. The van der Waals surface area contributed by atoms with E-state index in [9.17, 15) is 28.8 Å². The van der Waals surface area contributed by atoms with Crippen molar-refractivity contribution < 1.29 is 76.5 Å². The third kappa shape index (κ3) is 22.4. The zero-order valence-electron chi connectivity index (χ0n) is 23.3. The molecule has 0 atom stereocenters. The van der Waals surface area contributed by atoms with E-state index in [0.29, 0.717) is 0 Å². The molecule has 230 valence electrons. The van der Waals surface area contributed by atoms with Crippen molar-refractivity contribution in [3.8, 4) is 0 Å². The molecular weight excluding hydrogens is 578 g/mol. The summed E-state index contributed by atoms with van der Waals surface area (Å²) in [4.78, 5) is 69.4. The Kier molecular flexibility index (Phi) is 26.6. The van der Waals surface area contributed by atoms with Crippen LogP contribution in [0.3, 0.4) is 0 Å². The van der Waals surface area contributed by atoms with Gasteiger partial charge < -0.3 is 45.3 Å². The van der Waals surface area contributed by atoms with Gasteiger partial charge in [-0.25, -0.2) is 0 Å². The third-order valence-corrected chi connectivity index (χ3v) is 4.00. The summed E-state index contributed by atoms with van der Waals surface area (Å²) in [7, 11) is 4.20. The predicted octanol–water partition coefficient (Wildman–Crippen LogP) is -1.60. The van der Waals surface area contributed by atoms with Crippen molar-refractivity contribution in [1.82, 2.24) is 14.7 Å². The number of rotatable bonds is 12. The molecule has 0 aliphatic carbocycles. The standard InChI is InChI=1S/3C8H13NO4.Fe/c3*1-6(11)5-7(12)8(13)9(2)3-4-10;/h3*5,10-11H,3-4H2,1-2H3;. The van der Waals surface area contributed by atoms with Gasteiger partial charge >= 0.3 is 0 Å². The minimum absolute atomic E-state index is 0. The van der Waals surface area contributed by atoms with Crippen LogP contribution < -0.4 is 0 Å². The summed E-state index contributed by atoms with van der Waals surface area (Å²) in [5.74, 6) is -5.27. The van der Waals surface area contributed by atoms with Crippen LogP contribution in [0.5, 0.6) is 0 Å². The fourth-order valence-corrected chi connectivity index (χ4v) is 2.07. The number of nitrogens with zero attached hydrogens (tertiary/aromatic N) is 3. The van der Waals surface area contributed by atoms with Crippen LogP contribution in [0.2, 0.25) is 0 Å². The van der Waals surface area contributed by atoms with Gasteiger partial charge in [0, 0.05) is 76.1 Å². The smallest absolute Gasteiger partial charge is 0.294 e. The van der Waals surface area contributed by atoms with Gasteiger partial charge in [-0.15, -0.1) is 0 Å². The fourth-order valence-electron chi connectivity index (χ4n) is 2.07. The molecule has 40 heavy (non-hydrogen) atoms. The molecule has 0 saturated carbocycles. The molecule has 3 amide bonds. The van der Waals surface area contributed by atoms with Crippen LogP contribution in [0, 0.1) is 0 Å². The molecular formula is C24H39FeN3O12. The molecule has 0 bridgehead atoms. The first kappa shape index (κ1) is 43.5. The first-order valence-electron chi connectivity index (χ1n) is 11.3. The van der Waals surface area contributed by atoms with E-state index in [2.05, 4.69) is 0 Å². The Hall–Kier alpha value is -3.56. The van der Waals surface area contributed by atoms with E-state index in [4.69, 9.17) is 30.6 Å². The minimum atomic E-state index is -0.795. The zero-order chi connectivity index (χ0) is 31.3. The molecule has 6 N–H and O–H groups in total. The van der Waals surface area contributed by atoms with E-state index in [1.165, 1.54) is 41.9 Å². The third-order valence-electron chi connectivity index (χ3n) is 4.00. The Bertz CT molecular complexity index is 817. The Morgan fingerprint density at radius 2 is 0.675 bits per heavy atom. The molecule has 0 spiro atoms. The summed E-state index contributed by atoms with van der Waals surface area (Å²) >= 11 is 0. The van der Waals surface area contributed by atoms with Gasteiger partial charge in [0.1, 0.15) is 0 Å². The molecule has 15 nitrogen and oxygen atoms in total. The number of likely N-dealkylation sites (N-methyl/N-ethyl adjacent to an activating group) is 3. The first-order valence-corrected chi connectivity index (χ1v) is 11.3. The molecule has 0 aliphatic rings. The Morgan fingerprint density at radius 1 is 0.500 bits per heavy atom. The van der Waals surface area contributed by atoms with Crippen LogP contribution in [-0.2, 0) is 45.8 Å². The van der Waals surface area contributed by atoms with Crippen LogP contribution in [0.25, 0.3) is 0 Å². The monoisotopic (exact) mass is 617 g/mol. The normalized spacial score (nSPS) is 10.9. The van der Waals surface area contributed by atoms with Gasteiger partial charge in [-0.3, -0.25) is 28.8 Å². The topological polar surface area (TPSA) is 234 Å². The van der Waals surface area contributed by atoms with E-state index in [1.807, 2.05) is 0 Å². The maximum atomic E-state index is 11.1. The molecule has 0 unspecified atom stereocenters. The van der Waals surface area contributed by atoms with E-state index < -0.39 is 35.1 Å². The van der Waals surface area contributed by atoms with Gasteiger partial charge in [0.05, 0.1) is 37.1 Å². The van der Waals surface area contributed by atoms with Gasteiger partial charge in [-0.05, 0) is 20.8 Å². The first-order chi connectivity index (χ1) is 18.0. The van der Waals surface area contributed by atoms with Crippen molar-refractivity contribution in [1.29, 1.82) is 0 Å². The van der Waals surface area contributed by atoms with Crippen molar-refractivity contribution in [2.24, 2.45) is 0 Å². The second-order valence-electron chi connectivity index (χ2n) is 7.80. The van der Waals surface area contributed by atoms with Gasteiger partial charge in [0.2, 0.25) is 17.3 Å². The van der Waals surface area contributed by atoms with Crippen LogP contribution in [0.1, 0.15) is 20.8 Å². The molecule has 0 aromatic carbocycles. The summed E-state index contributed by atoms with van der Waals surface area (Å²) in [6.45, 7) is 3.62. The molecule has 0 aromatic rings. The number of amides is 3. The van der Waals surface area contributed by atoms with Gasteiger partial charge in [-0.1, -0.05) is 0 Å².